The van der Waals surface area contributed by atoms with E-state index in [1.165, 1.54) is 18.9 Å². The Morgan fingerprint density at radius 1 is 1.27 bits per heavy atom. The molecule has 2 atom stereocenters. The Labute approximate surface area is 182 Å². The molecule has 1 N–H and O–H groups in total. The molecule has 2 fully saturated rings. The molecule has 1 amide bonds. The number of hydrogen-bond acceptors (Lipinski definition) is 4. The van der Waals surface area contributed by atoms with Gasteiger partial charge >= 0.3 is 0 Å². The number of aromatic nitrogens is 2. The van der Waals surface area contributed by atoms with Gasteiger partial charge in [-0.3, -0.25) is 9.48 Å². The lowest BCUT2D eigenvalue weighted by molar-refractivity contribution is -0.119. The monoisotopic (exact) mass is 449 g/mol. The normalized spacial score (nSPS) is 24.4. The van der Waals surface area contributed by atoms with Crippen LogP contribution in [0.3, 0.4) is 0 Å². The van der Waals surface area contributed by atoms with E-state index in [4.69, 9.17) is 11.6 Å². The van der Waals surface area contributed by atoms with E-state index in [0.717, 1.165) is 31.1 Å². The predicted octanol–water partition coefficient (Wildman–Crippen LogP) is 4.61. The highest BCUT2D eigenvalue weighted by Gasteiger charge is 2.63. The molecule has 1 heterocycles. The molecule has 6 nitrogen and oxygen atoms in total. The quantitative estimate of drug-likeness (QED) is 0.698. The van der Waals surface area contributed by atoms with Crippen LogP contribution in [-0.2, 0) is 20.0 Å². The molecule has 2 unspecified atom stereocenters. The largest absolute Gasteiger partial charge is 0.308 e. The standard InChI is InChI=1S/C22H28ClN3O3S/c1-14(2)26-11-10-20(25-26)24-21(27)22(13-17(22)15-6-4-5-7-15)16-8-9-19(18(23)12-16)30(3,28)29/h8-12,14-15,17H,4-7,13H2,1-3H3,(H,24,25,27). The first-order chi connectivity index (χ1) is 14.1. The van der Waals surface area contributed by atoms with E-state index < -0.39 is 15.3 Å². The summed E-state index contributed by atoms with van der Waals surface area (Å²) in [5.41, 5.74) is 0.105. The number of hydrogen-bond donors (Lipinski definition) is 1. The number of carbonyl (C=O) groups is 1. The molecule has 0 bridgehead atoms. The third-order valence-corrected chi connectivity index (χ3v) is 8.19. The summed E-state index contributed by atoms with van der Waals surface area (Å²) in [5.74, 6) is 1.20. The topological polar surface area (TPSA) is 81.1 Å². The average Bonchev–Trinajstić information content (AvgIpc) is 3.02. The van der Waals surface area contributed by atoms with Gasteiger partial charge in [0.2, 0.25) is 5.91 Å². The first kappa shape index (κ1) is 21.4. The van der Waals surface area contributed by atoms with Crippen LogP contribution in [0.2, 0.25) is 5.02 Å². The SMILES string of the molecule is CC(C)n1ccc(NC(=O)C2(c3ccc(S(C)(=O)=O)c(Cl)c3)CC2C2CCCC2)n1. The van der Waals surface area contributed by atoms with Crippen LogP contribution in [0.4, 0.5) is 5.82 Å². The van der Waals surface area contributed by atoms with Crippen LogP contribution in [0.25, 0.3) is 0 Å². The summed E-state index contributed by atoms with van der Waals surface area (Å²) in [6.45, 7) is 4.06. The summed E-state index contributed by atoms with van der Waals surface area (Å²) in [6.07, 6.45) is 8.42. The smallest absolute Gasteiger partial charge is 0.236 e. The van der Waals surface area contributed by atoms with E-state index in [2.05, 4.69) is 10.4 Å². The Balaban J connectivity index is 1.67. The van der Waals surface area contributed by atoms with E-state index >= 15 is 0 Å². The number of nitrogens with one attached hydrogen (secondary N) is 1. The van der Waals surface area contributed by atoms with Crippen LogP contribution in [0, 0.1) is 11.8 Å². The van der Waals surface area contributed by atoms with Crippen molar-refractivity contribution in [1.82, 2.24) is 9.78 Å². The minimum atomic E-state index is -3.42. The van der Waals surface area contributed by atoms with E-state index in [1.807, 2.05) is 20.0 Å². The molecule has 2 aromatic rings. The van der Waals surface area contributed by atoms with Crippen molar-refractivity contribution in [1.29, 1.82) is 0 Å². The van der Waals surface area contributed by atoms with Gasteiger partial charge in [0.25, 0.3) is 0 Å². The lowest BCUT2D eigenvalue weighted by Gasteiger charge is -2.21. The van der Waals surface area contributed by atoms with Crippen LogP contribution < -0.4 is 5.32 Å². The number of halogens is 1. The molecule has 1 aromatic heterocycles. The minimum Gasteiger partial charge on any atom is -0.308 e. The maximum atomic E-state index is 13.5. The van der Waals surface area contributed by atoms with Crippen LogP contribution in [0.1, 0.15) is 57.6 Å². The second kappa shape index (κ2) is 7.68. The van der Waals surface area contributed by atoms with E-state index in [0.29, 0.717) is 11.7 Å². The third-order valence-electron chi connectivity index (χ3n) is 6.61. The molecule has 2 aliphatic carbocycles. The second-order valence-electron chi connectivity index (χ2n) is 8.97. The maximum Gasteiger partial charge on any atom is 0.236 e. The van der Waals surface area contributed by atoms with Gasteiger partial charge in [-0.15, -0.1) is 0 Å². The number of amides is 1. The van der Waals surface area contributed by atoms with Crippen LogP contribution >= 0.6 is 11.6 Å². The number of anilines is 1. The van der Waals surface area contributed by atoms with Gasteiger partial charge in [0.15, 0.2) is 15.7 Å². The summed E-state index contributed by atoms with van der Waals surface area (Å²) in [7, 11) is -3.42. The fourth-order valence-corrected chi connectivity index (χ4v) is 6.27. The van der Waals surface area contributed by atoms with Crippen molar-refractivity contribution in [3.8, 4) is 0 Å². The molecule has 30 heavy (non-hydrogen) atoms. The van der Waals surface area contributed by atoms with Crippen molar-refractivity contribution in [3.63, 3.8) is 0 Å². The van der Waals surface area contributed by atoms with Gasteiger partial charge in [-0.2, -0.15) is 5.10 Å². The highest BCUT2D eigenvalue weighted by Crippen LogP contribution is 2.61. The zero-order chi connectivity index (χ0) is 21.7. The first-order valence-corrected chi connectivity index (χ1v) is 12.8. The van der Waals surface area contributed by atoms with Gasteiger partial charge in [-0.1, -0.05) is 43.4 Å². The molecule has 2 aliphatic rings. The molecule has 0 aliphatic heterocycles. The number of sulfone groups is 1. The fraction of sp³-hybridized carbons (Fsp3) is 0.545. The van der Waals surface area contributed by atoms with E-state index in [9.17, 15) is 13.2 Å². The Morgan fingerprint density at radius 2 is 1.97 bits per heavy atom. The number of rotatable bonds is 6. The first-order valence-electron chi connectivity index (χ1n) is 10.5. The van der Waals surface area contributed by atoms with Crippen molar-refractivity contribution >= 4 is 33.2 Å². The molecule has 1 aromatic carbocycles. The summed E-state index contributed by atoms with van der Waals surface area (Å²) in [4.78, 5) is 13.6. The molecular formula is C22H28ClN3O3S. The zero-order valence-electron chi connectivity index (χ0n) is 17.6. The minimum absolute atomic E-state index is 0.0865. The maximum absolute atomic E-state index is 13.5. The number of benzene rings is 1. The van der Waals surface area contributed by atoms with Gasteiger partial charge in [0.1, 0.15) is 0 Å². The summed E-state index contributed by atoms with van der Waals surface area (Å²) in [5, 5.41) is 7.62. The van der Waals surface area contributed by atoms with Gasteiger partial charge in [0.05, 0.1) is 15.3 Å². The molecule has 0 spiro atoms. The summed E-state index contributed by atoms with van der Waals surface area (Å²) in [6, 6.07) is 6.96. The Kier molecular flexibility index (Phi) is 5.47. The summed E-state index contributed by atoms with van der Waals surface area (Å²) >= 11 is 6.33. The van der Waals surface area contributed by atoms with Crippen LogP contribution in [-0.4, -0.2) is 30.4 Å². The van der Waals surface area contributed by atoms with Crippen molar-refractivity contribution in [3.05, 3.63) is 41.0 Å². The highest BCUT2D eigenvalue weighted by molar-refractivity contribution is 7.90. The lowest BCUT2D eigenvalue weighted by atomic mass is 9.86. The summed E-state index contributed by atoms with van der Waals surface area (Å²) < 4.78 is 25.7. The predicted molar refractivity (Wildman–Crippen MR) is 118 cm³/mol. The van der Waals surface area contributed by atoms with Crippen LogP contribution in [0.5, 0.6) is 0 Å². The molecule has 0 radical (unpaired) electrons. The van der Waals surface area contributed by atoms with Crippen molar-refractivity contribution in [2.75, 3.05) is 11.6 Å². The molecule has 2 saturated carbocycles. The highest BCUT2D eigenvalue weighted by atomic mass is 35.5. The molecule has 8 heteroatoms. The van der Waals surface area contributed by atoms with Crippen LogP contribution in [0.15, 0.2) is 35.4 Å². The molecule has 4 rings (SSSR count). The zero-order valence-corrected chi connectivity index (χ0v) is 19.1. The van der Waals surface area contributed by atoms with E-state index in [1.54, 1.807) is 22.9 Å². The van der Waals surface area contributed by atoms with E-state index in [-0.39, 0.29) is 27.8 Å². The van der Waals surface area contributed by atoms with Gasteiger partial charge < -0.3 is 5.32 Å². The van der Waals surface area contributed by atoms with Crippen molar-refractivity contribution in [2.45, 2.75) is 62.3 Å². The fourth-order valence-electron chi connectivity index (χ4n) is 4.94. The molecule has 0 saturated heterocycles. The van der Waals surface area contributed by atoms with Crippen molar-refractivity contribution in [2.24, 2.45) is 11.8 Å². The van der Waals surface area contributed by atoms with Gasteiger partial charge in [0, 0.05) is 24.6 Å². The molecular weight excluding hydrogens is 422 g/mol. The average molecular weight is 450 g/mol. The van der Waals surface area contributed by atoms with Gasteiger partial charge in [-0.05, 0) is 49.8 Å². The number of carbonyl (C=O) groups excluding carboxylic acids is 1. The lowest BCUT2D eigenvalue weighted by Crippen LogP contribution is -2.31. The molecule has 162 valence electrons. The number of nitrogens with zero attached hydrogens (tertiary/aromatic N) is 2. The second-order valence-corrected chi connectivity index (χ2v) is 11.4. The Morgan fingerprint density at radius 3 is 2.53 bits per heavy atom. The van der Waals surface area contributed by atoms with Crippen molar-refractivity contribution < 1.29 is 13.2 Å². The Bertz CT molecular complexity index is 1070. The van der Waals surface area contributed by atoms with Gasteiger partial charge in [-0.25, -0.2) is 8.42 Å². The Hall–Kier alpha value is -1.86. The third kappa shape index (κ3) is 3.78.